The molecule has 1 aromatic rings. The second-order valence-corrected chi connectivity index (χ2v) is 5.35. The van der Waals surface area contributed by atoms with Crippen molar-refractivity contribution in [3.63, 3.8) is 0 Å². The molecular weight excluding hydrogens is 298 g/mol. The van der Waals surface area contributed by atoms with Gasteiger partial charge in [0, 0.05) is 14.1 Å². The topological polar surface area (TPSA) is 76.1 Å². The maximum absolute atomic E-state index is 12.2. The number of rotatable bonds is 6. The Morgan fingerprint density at radius 2 is 2.13 bits per heavy atom. The molecule has 1 N–H and O–H groups in total. The average molecular weight is 319 g/mol. The summed E-state index contributed by atoms with van der Waals surface area (Å²) < 4.78 is 10.0. The number of carbonyl (C=O) groups is 2. The molecule has 0 amide bonds. The number of esters is 2. The minimum atomic E-state index is -0.494. The number of anilines is 1. The standard InChI is InChI=1S/C17H21NO5/c1-4-11-9-14(17(21)23-8-6-19)15(18(2)3)10-13(11)12-5-7-22-16(12)20/h5,9-10,19H,4,6-8H2,1-3H3. The van der Waals surface area contributed by atoms with Gasteiger partial charge in [-0.2, -0.15) is 0 Å². The van der Waals surface area contributed by atoms with Gasteiger partial charge in [-0.1, -0.05) is 6.92 Å². The largest absolute Gasteiger partial charge is 0.460 e. The predicted molar refractivity (Wildman–Crippen MR) is 86.5 cm³/mol. The second kappa shape index (κ2) is 7.28. The van der Waals surface area contributed by atoms with Crippen LogP contribution in [0, 0.1) is 0 Å². The van der Waals surface area contributed by atoms with E-state index < -0.39 is 5.97 Å². The van der Waals surface area contributed by atoms with Gasteiger partial charge in [0.1, 0.15) is 13.2 Å². The molecule has 0 aromatic heterocycles. The Morgan fingerprint density at radius 1 is 1.39 bits per heavy atom. The van der Waals surface area contributed by atoms with Crippen molar-refractivity contribution >= 4 is 23.2 Å². The summed E-state index contributed by atoms with van der Waals surface area (Å²) in [6, 6.07) is 3.56. The molecule has 0 aliphatic carbocycles. The summed E-state index contributed by atoms with van der Waals surface area (Å²) in [5.74, 6) is -0.841. The number of aliphatic hydroxyl groups is 1. The van der Waals surface area contributed by atoms with E-state index in [0.717, 1.165) is 11.1 Å². The van der Waals surface area contributed by atoms with Crippen LogP contribution in [0.1, 0.15) is 28.4 Å². The van der Waals surface area contributed by atoms with Gasteiger partial charge >= 0.3 is 11.9 Å². The normalized spacial score (nSPS) is 13.6. The van der Waals surface area contributed by atoms with Crippen molar-refractivity contribution in [2.45, 2.75) is 13.3 Å². The molecule has 1 aromatic carbocycles. The van der Waals surface area contributed by atoms with Gasteiger partial charge in [0.25, 0.3) is 0 Å². The zero-order valence-corrected chi connectivity index (χ0v) is 13.6. The SMILES string of the molecule is CCc1cc(C(=O)OCCO)c(N(C)C)cc1C1=CCOC1=O. The number of benzene rings is 1. The number of nitrogens with zero attached hydrogens (tertiary/aromatic N) is 1. The van der Waals surface area contributed by atoms with Crippen LogP contribution >= 0.6 is 0 Å². The number of hydrogen-bond donors (Lipinski definition) is 1. The van der Waals surface area contributed by atoms with Crippen molar-refractivity contribution in [1.29, 1.82) is 0 Å². The predicted octanol–water partition coefficient (Wildman–Crippen LogP) is 1.40. The van der Waals surface area contributed by atoms with Crippen molar-refractivity contribution in [3.05, 3.63) is 34.9 Å². The van der Waals surface area contributed by atoms with Gasteiger partial charge in [-0.25, -0.2) is 9.59 Å². The molecule has 124 valence electrons. The first-order valence-electron chi connectivity index (χ1n) is 7.49. The Labute approximate surface area is 135 Å². The van der Waals surface area contributed by atoms with Gasteiger partial charge in [0.2, 0.25) is 0 Å². The van der Waals surface area contributed by atoms with Gasteiger partial charge in [-0.15, -0.1) is 0 Å². The maximum Gasteiger partial charge on any atom is 0.340 e. The van der Waals surface area contributed by atoms with Crippen LogP contribution in [-0.4, -0.2) is 51.0 Å². The molecule has 0 spiro atoms. The van der Waals surface area contributed by atoms with E-state index in [1.165, 1.54) is 0 Å². The third-order valence-corrected chi connectivity index (χ3v) is 3.64. The van der Waals surface area contributed by atoms with Crippen LogP contribution < -0.4 is 4.90 Å². The van der Waals surface area contributed by atoms with Gasteiger partial charge in [-0.05, 0) is 35.8 Å². The lowest BCUT2D eigenvalue weighted by Crippen LogP contribution is -2.18. The van der Waals surface area contributed by atoms with Crippen LogP contribution in [0.25, 0.3) is 5.57 Å². The fourth-order valence-electron chi connectivity index (χ4n) is 2.51. The first-order valence-corrected chi connectivity index (χ1v) is 7.49. The van der Waals surface area contributed by atoms with Crippen molar-refractivity contribution in [2.24, 2.45) is 0 Å². The smallest absolute Gasteiger partial charge is 0.340 e. The van der Waals surface area contributed by atoms with Crippen LogP contribution in [0.5, 0.6) is 0 Å². The highest BCUT2D eigenvalue weighted by Gasteiger charge is 2.24. The van der Waals surface area contributed by atoms with E-state index in [4.69, 9.17) is 14.6 Å². The molecule has 0 unspecified atom stereocenters. The lowest BCUT2D eigenvalue weighted by Gasteiger charge is -2.20. The summed E-state index contributed by atoms with van der Waals surface area (Å²) in [6.07, 6.45) is 2.41. The molecule has 2 rings (SSSR count). The zero-order valence-electron chi connectivity index (χ0n) is 13.6. The second-order valence-electron chi connectivity index (χ2n) is 5.35. The third kappa shape index (κ3) is 3.53. The highest BCUT2D eigenvalue weighted by Crippen LogP contribution is 2.31. The number of carbonyl (C=O) groups excluding carboxylic acids is 2. The van der Waals surface area contributed by atoms with Crippen LogP contribution in [0.3, 0.4) is 0 Å². The Morgan fingerprint density at radius 3 is 2.65 bits per heavy atom. The van der Waals surface area contributed by atoms with E-state index in [1.807, 2.05) is 27.1 Å². The van der Waals surface area contributed by atoms with Crippen molar-refractivity contribution in [2.75, 3.05) is 38.8 Å². The Bertz CT molecular complexity index is 649. The van der Waals surface area contributed by atoms with Gasteiger partial charge < -0.3 is 19.5 Å². The third-order valence-electron chi connectivity index (χ3n) is 3.64. The fraction of sp³-hybridized carbons (Fsp3) is 0.412. The van der Waals surface area contributed by atoms with Crippen molar-refractivity contribution < 1.29 is 24.2 Å². The molecule has 6 nitrogen and oxygen atoms in total. The van der Waals surface area contributed by atoms with E-state index in [2.05, 4.69) is 0 Å². The minimum Gasteiger partial charge on any atom is -0.460 e. The monoisotopic (exact) mass is 319 g/mol. The highest BCUT2D eigenvalue weighted by molar-refractivity contribution is 6.19. The summed E-state index contributed by atoms with van der Waals surface area (Å²) >= 11 is 0. The molecule has 0 radical (unpaired) electrons. The molecule has 0 saturated heterocycles. The van der Waals surface area contributed by atoms with Gasteiger partial charge in [0.15, 0.2) is 0 Å². The number of hydrogen-bond acceptors (Lipinski definition) is 6. The van der Waals surface area contributed by atoms with Crippen molar-refractivity contribution in [1.82, 2.24) is 0 Å². The number of aliphatic hydroxyl groups excluding tert-OH is 1. The number of ether oxygens (including phenoxy) is 2. The molecule has 0 saturated carbocycles. The van der Waals surface area contributed by atoms with E-state index >= 15 is 0 Å². The molecule has 1 aliphatic rings. The first-order chi connectivity index (χ1) is 11.0. The molecular formula is C17H21NO5. The van der Waals surface area contributed by atoms with Crippen LogP contribution in [0.15, 0.2) is 18.2 Å². The zero-order chi connectivity index (χ0) is 17.0. The molecule has 0 fully saturated rings. The summed E-state index contributed by atoms with van der Waals surface area (Å²) in [5, 5.41) is 8.81. The quantitative estimate of drug-likeness (QED) is 0.799. The molecule has 0 bridgehead atoms. The summed E-state index contributed by atoms with van der Waals surface area (Å²) in [6.45, 7) is 1.96. The van der Waals surface area contributed by atoms with Gasteiger partial charge in [0.05, 0.1) is 23.4 Å². The van der Waals surface area contributed by atoms with E-state index in [0.29, 0.717) is 23.2 Å². The summed E-state index contributed by atoms with van der Waals surface area (Å²) in [7, 11) is 3.63. The molecule has 23 heavy (non-hydrogen) atoms. The molecule has 0 atom stereocenters. The summed E-state index contributed by atoms with van der Waals surface area (Å²) in [4.78, 5) is 25.9. The van der Waals surface area contributed by atoms with Gasteiger partial charge in [-0.3, -0.25) is 0 Å². The first kappa shape index (κ1) is 17.0. The Kier molecular flexibility index (Phi) is 5.39. The van der Waals surface area contributed by atoms with E-state index in [9.17, 15) is 9.59 Å². The Hall–Kier alpha value is -2.34. The average Bonchev–Trinajstić information content (AvgIpc) is 2.96. The molecule has 6 heteroatoms. The molecule has 1 aliphatic heterocycles. The lowest BCUT2D eigenvalue weighted by molar-refractivity contribution is -0.133. The van der Waals surface area contributed by atoms with E-state index in [1.54, 1.807) is 17.0 Å². The maximum atomic E-state index is 12.2. The van der Waals surface area contributed by atoms with E-state index in [-0.39, 0.29) is 25.8 Å². The molecule has 1 heterocycles. The fourth-order valence-corrected chi connectivity index (χ4v) is 2.51. The Balaban J connectivity index is 2.52. The number of aryl methyl sites for hydroxylation is 1. The van der Waals surface area contributed by atoms with Crippen LogP contribution in [-0.2, 0) is 20.7 Å². The summed E-state index contributed by atoms with van der Waals surface area (Å²) in [5.41, 5.74) is 3.24. The number of cyclic esters (lactones) is 1. The minimum absolute atomic E-state index is 0.0492. The lowest BCUT2D eigenvalue weighted by atomic mass is 9.94. The van der Waals surface area contributed by atoms with Crippen LogP contribution in [0.2, 0.25) is 0 Å². The highest BCUT2D eigenvalue weighted by atomic mass is 16.5. The van der Waals surface area contributed by atoms with Crippen molar-refractivity contribution in [3.8, 4) is 0 Å². The van der Waals surface area contributed by atoms with Crippen LogP contribution in [0.4, 0.5) is 5.69 Å².